The summed E-state index contributed by atoms with van der Waals surface area (Å²) in [5.74, 6) is 0. The lowest BCUT2D eigenvalue weighted by molar-refractivity contribution is 0.108. The number of hydrogen-bond donors (Lipinski definition) is 1. The molecule has 2 aliphatic heterocycles. The Morgan fingerprint density at radius 1 is 1.35 bits per heavy atom. The van der Waals surface area contributed by atoms with E-state index >= 15 is 0 Å². The van der Waals surface area contributed by atoms with Gasteiger partial charge < -0.3 is 10.1 Å². The van der Waals surface area contributed by atoms with E-state index in [2.05, 4.69) is 15.3 Å². The van der Waals surface area contributed by atoms with Crippen LogP contribution in [0, 0.1) is 0 Å². The number of ether oxygens (including phenoxy) is 1. The molecule has 0 saturated carbocycles. The molecular weight excluding hydrogens is 214 g/mol. The monoisotopic (exact) mass is 233 g/mol. The minimum absolute atomic E-state index is 0.588. The van der Waals surface area contributed by atoms with Gasteiger partial charge in [0.2, 0.25) is 0 Å². The van der Waals surface area contributed by atoms with Crippen molar-refractivity contribution >= 4 is 0 Å². The average molecular weight is 233 g/mol. The maximum absolute atomic E-state index is 5.53. The first-order chi connectivity index (χ1) is 8.43. The van der Waals surface area contributed by atoms with Crippen molar-refractivity contribution in [2.45, 2.75) is 44.8 Å². The molecule has 0 bridgehead atoms. The highest BCUT2D eigenvalue weighted by molar-refractivity contribution is 5.26. The van der Waals surface area contributed by atoms with Crippen LogP contribution in [0.1, 0.15) is 36.2 Å². The Morgan fingerprint density at radius 2 is 2.35 bits per heavy atom. The average Bonchev–Trinajstić information content (AvgIpc) is 2.40. The van der Waals surface area contributed by atoms with Gasteiger partial charge in [-0.3, -0.25) is 0 Å². The minimum atomic E-state index is 0.588. The maximum Gasteiger partial charge on any atom is 0.115 e. The van der Waals surface area contributed by atoms with Gasteiger partial charge in [-0.1, -0.05) is 6.42 Å². The third-order valence-corrected chi connectivity index (χ3v) is 3.71. The Balaban J connectivity index is 1.77. The maximum atomic E-state index is 5.53. The topological polar surface area (TPSA) is 47.0 Å². The van der Waals surface area contributed by atoms with E-state index in [4.69, 9.17) is 4.74 Å². The Bertz CT molecular complexity index is 388. The molecule has 17 heavy (non-hydrogen) atoms. The predicted octanol–water partition coefficient (Wildman–Crippen LogP) is 1.23. The fraction of sp³-hybridized carbons (Fsp3) is 0.692. The van der Waals surface area contributed by atoms with Gasteiger partial charge in [-0.05, 0) is 19.4 Å². The normalized spacial score (nSPS) is 24.4. The van der Waals surface area contributed by atoms with Crippen molar-refractivity contribution in [1.82, 2.24) is 15.3 Å². The molecule has 1 aromatic heterocycles. The van der Waals surface area contributed by atoms with E-state index in [0.29, 0.717) is 12.6 Å². The molecule has 0 aromatic carbocycles. The second-order valence-electron chi connectivity index (χ2n) is 4.90. The van der Waals surface area contributed by atoms with E-state index in [0.717, 1.165) is 26.0 Å². The number of aromatic nitrogens is 2. The van der Waals surface area contributed by atoms with Gasteiger partial charge in [-0.25, -0.2) is 9.97 Å². The molecule has 1 atom stereocenters. The molecule has 4 nitrogen and oxygen atoms in total. The summed E-state index contributed by atoms with van der Waals surface area (Å²) in [5, 5.41) is 3.57. The van der Waals surface area contributed by atoms with Gasteiger partial charge in [-0.15, -0.1) is 0 Å². The van der Waals surface area contributed by atoms with Crippen LogP contribution in [-0.4, -0.2) is 29.2 Å². The van der Waals surface area contributed by atoms with E-state index in [1.54, 1.807) is 6.33 Å². The Morgan fingerprint density at radius 3 is 3.24 bits per heavy atom. The zero-order chi connectivity index (χ0) is 11.5. The first-order valence-electron chi connectivity index (χ1n) is 6.56. The van der Waals surface area contributed by atoms with Crippen molar-refractivity contribution in [3.63, 3.8) is 0 Å². The molecule has 1 N–H and O–H groups in total. The Labute approximate surface area is 102 Å². The fourth-order valence-corrected chi connectivity index (χ4v) is 2.72. The highest BCUT2D eigenvalue weighted by Crippen LogP contribution is 2.20. The van der Waals surface area contributed by atoms with Crippen LogP contribution in [0.2, 0.25) is 0 Å². The van der Waals surface area contributed by atoms with Crippen LogP contribution < -0.4 is 5.32 Å². The SMILES string of the molecule is c1nc2c(c(CC3CCCCN3)n1)COCC2. The van der Waals surface area contributed by atoms with Gasteiger partial charge in [0.15, 0.2) is 0 Å². The van der Waals surface area contributed by atoms with Crippen LogP contribution in [0.5, 0.6) is 0 Å². The fourth-order valence-electron chi connectivity index (χ4n) is 2.72. The molecule has 1 saturated heterocycles. The molecule has 1 fully saturated rings. The van der Waals surface area contributed by atoms with Gasteiger partial charge in [0.05, 0.1) is 24.6 Å². The molecule has 1 aromatic rings. The van der Waals surface area contributed by atoms with Gasteiger partial charge in [0.25, 0.3) is 0 Å². The first-order valence-corrected chi connectivity index (χ1v) is 6.56. The van der Waals surface area contributed by atoms with Crippen molar-refractivity contribution in [3.8, 4) is 0 Å². The van der Waals surface area contributed by atoms with Crippen LogP contribution in [0.4, 0.5) is 0 Å². The number of nitrogens with zero attached hydrogens (tertiary/aromatic N) is 2. The van der Waals surface area contributed by atoms with Crippen LogP contribution in [-0.2, 0) is 24.2 Å². The molecule has 1 unspecified atom stereocenters. The Kier molecular flexibility index (Phi) is 3.34. The lowest BCUT2D eigenvalue weighted by Crippen LogP contribution is -2.36. The summed E-state index contributed by atoms with van der Waals surface area (Å²) in [6, 6.07) is 0.588. The lowest BCUT2D eigenvalue weighted by Gasteiger charge is -2.25. The van der Waals surface area contributed by atoms with Crippen LogP contribution >= 0.6 is 0 Å². The smallest absolute Gasteiger partial charge is 0.115 e. The van der Waals surface area contributed by atoms with Gasteiger partial charge in [-0.2, -0.15) is 0 Å². The molecule has 0 amide bonds. The highest BCUT2D eigenvalue weighted by atomic mass is 16.5. The molecule has 0 spiro atoms. The minimum Gasteiger partial charge on any atom is -0.376 e. The summed E-state index contributed by atoms with van der Waals surface area (Å²) in [6.07, 6.45) is 7.57. The number of fused-ring (bicyclic) bond motifs is 1. The third-order valence-electron chi connectivity index (χ3n) is 3.71. The van der Waals surface area contributed by atoms with E-state index in [1.165, 1.54) is 36.2 Å². The summed E-state index contributed by atoms with van der Waals surface area (Å²) in [7, 11) is 0. The van der Waals surface area contributed by atoms with E-state index in [1.807, 2.05) is 0 Å². The lowest BCUT2D eigenvalue weighted by atomic mass is 9.97. The van der Waals surface area contributed by atoms with Crippen molar-refractivity contribution in [1.29, 1.82) is 0 Å². The van der Waals surface area contributed by atoms with E-state index < -0.39 is 0 Å². The Hall–Kier alpha value is -1.00. The number of hydrogen-bond acceptors (Lipinski definition) is 4. The summed E-state index contributed by atoms with van der Waals surface area (Å²) in [6.45, 7) is 2.64. The number of nitrogens with one attached hydrogen (secondary N) is 1. The molecule has 3 rings (SSSR count). The zero-order valence-corrected chi connectivity index (χ0v) is 10.1. The van der Waals surface area contributed by atoms with Gasteiger partial charge in [0, 0.05) is 24.4 Å². The molecule has 0 radical (unpaired) electrons. The van der Waals surface area contributed by atoms with Crippen molar-refractivity contribution in [3.05, 3.63) is 23.3 Å². The molecule has 4 heteroatoms. The third kappa shape index (κ3) is 2.48. The van der Waals surface area contributed by atoms with Crippen molar-refractivity contribution in [2.75, 3.05) is 13.2 Å². The van der Waals surface area contributed by atoms with Gasteiger partial charge in [0.1, 0.15) is 6.33 Å². The number of rotatable bonds is 2. The molecule has 0 aliphatic carbocycles. The van der Waals surface area contributed by atoms with E-state index in [-0.39, 0.29) is 0 Å². The largest absolute Gasteiger partial charge is 0.376 e. The quantitative estimate of drug-likeness (QED) is 0.834. The summed E-state index contributed by atoms with van der Waals surface area (Å²) >= 11 is 0. The summed E-state index contributed by atoms with van der Waals surface area (Å²) in [4.78, 5) is 8.82. The van der Waals surface area contributed by atoms with Crippen molar-refractivity contribution in [2.24, 2.45) is 0 Å². The predicted molar refractivity (Wildman–Crippen MR) is 64.7 cm³/mol. The molecular formula is C13H19N3O. The molecule has 3 heterocycles. The number of piperidine rings is 1. The standard InChI is InChI=1S/C13H19N3O/c1-2-5-14-10(3-1)7-13-11-8-17-6-4-12(11)15-9-16-13/h9-10,14H,1-8H2. The van der Waals surface area contributed by atoms with Crippen LogP contribution in [0.3, 0.4) is 0 Å². The molecule has 92 valence electrons. The zero-order valence-electron chi connectivity index (χ0n) is 10.1. The summed E-state index contributed by atoms with van der Waals surface area (Å²) < 4.78 is 5.53. The van der Waals surface area contributed by atoms with Gasteiger partial charge >= 0.3 is 0 Å². The van der Waals surface area contributed by atoms with Crippen molar-refractivity contribution < 1.29 is 4.74 Å². The highest BCUT2D eigenvalue weighted by Gasteiger charge is 2.19. The second-order valence-corrected chi connectivity index (χ2v) is 4.90. The first kappa shape index (κ1) is 11.1. The second kappa shape index (κ2) is 5.10. The van der Waals surface area contributed by atoms with Crippen LogP contribution in [0.25, 0.3) is 0 Å². The van der Waals surface area contributed by atoms with Crippen LogP contribution in [0.15, 0.2) is 6.33 Å². The van der Waals surface area contributed by atoms with E-state index in [9.17, 15) is 0 Å². The molecule has 2 aliphatic rings. The summed E-state index contributed by atoms with van der Waals surface area (Å²) in [5.41, 5.74) is 3.62.